The Labute approximate surface area is 174 Å². The first kappa shape index (κ1) is 19.4. The highest BCUT2D eigenvalue weighted by atomic mass is 32.1. The van der Waals surface area contributed by atoms with Gasteiger partial charge in [-0.2, -0.15) is 0 Å². The molecule has 1 aromatic heterocycles. The summed E-state index contributed by atoms with van der Waals surface area (Å²) in [6.07, 6.45) is 0. The third-order valence-corrected chi connectivity index (χ3v) is 5.99. The summed E-state index contributed by atoms with van der Waals surface area (Å²) in [5, 5.41) is 4.89. The highest BCUT2D eigenvalue weighted by Gasteiger charge is 2.14. The van der Waals surface area contributed by atoms with Crippen molar-refractivity contribution in [1.82, 2.24) is 4.90 Å². The van der Waals surface area contributed by atoms with Crippen LogP contribution in [-0.2, 0) is 6.61 Å². The molecule has 5 heteroatoms. The van der Waals surface area contributed by atoms with E-state index in [1.54, 1.807) is 11.3 Å². The van der Waals surface area contributed by atoms with Crippen molar-refractivity contribution in [3.05, 3.63) is 82.5 Å². The molecule has 0 amide bonds. The van der Waals surface area contributed by atoms with E-state index in [0.29, 0.717) is 12.0 Å². The minimum atomic E-state index is 0.0480. The van der Waals surface area contributed by atoms with Crippen LogP contribution in [-0.4, -0.2) is 32.1 Å². The van der Waals surface area contributed by atoms with E-state index in [2.05, 4.69) is 10.2 Å². The second-order valence-electron chi connectivity index (χ2n) is 7.25. The number of anilines is 1. The monoisotopic (exact) mass is 404 g/mol. The Morgan fingerprint density at radius 3 is 2.52 bits per heavy atom. The van der Waals surface area contributed by atoms with E-state index in [0.717, 1.165) is 44.9 Å². The van der Waals surface area contributed by atoms with Gasteiger partial charge in [0.2, 0.25) is 0 Å². The van der Waals surface area contributed by atoms with Crippen molar-refractivity contribution >= 4 is 37.2 Å². The third kappa shape index (κ3) is 4.26. The van der Waals surface area contributed by atoms with Gasteiger partial charge in [-0.05, 0) is 43.9 Å². The van der Waals surface area contributed by atoms with Gasteiger partial charge < -0.3 is 15.0 Å². The first-order valence-corrected chi connectivity index (χ1v) is 10.5. The lowest BCUT2D eigenvalue weighted by Gasteiger charge is -2.15. The number of benzene rings is 3. The molecule has 148 valence electrons. The molecule has 4 aromatic rings. The molecule has 0 bridgehead atoms. The Kier molecular flexibility index (Phi) is 5.79. The molecular formula is C24H24N2O2S. The van der Waals surface area contributed by atoms with Gasteiger partial charge in [0, 0.05) is 28.9 Å². The summed E-state index contributed by atoms with van der Waals surface area (Å²) in [4.78, 5) is 15.4. The molecule has 1 heterocycles. The Morgan fingerprint density at radius 2 is 1.72 bits per heavy atom. The summed E-state index contributed by atoms with van der Waals surface area (Å²) in [6.45, 7) is 2.12. The average molecular weight is 405 g/mol. The number of hydrogen-bond acceptors (Lipinski definition) is 5. The van der Waals surface area contributed by atoms with E-state index in [1.165, 1.54) is 0 Å². The molecule has 4 rings (SSSR count). The molecule has 0 aliphatic carbocycles. The molecule has 0 saturated heterocycles. The van der Waals surface area contributed by atoms with Crippen molar-refractivity contribution in [3.8, 4) is 5.75 Å². The molecule has 0 aliphatic heterocycles. The molecule has 0 atom stereocenters. The number of ether oxygens (including phenoxy) is 1. The largest absolute Gasteiger partial charge is 0.487 e. The van der Waals surface area contributed by atoms with Crippen LogP contribution >= 0.6 is 11.3 Å². The van der Waals surface area contributed by atoms with Crippen LogP contribution in [0.3, 0.4) is 0 Å². The molecule has 0 spiro atoms. The van der Waals surface area contributed by atoms with Gasteiger partial charge in [-0.25, -0.2) is 0 Å². The van der Waals surface area contributed by atoms with Crippen molar-refractivity contribution in [2.24, 2.45) is 0 Å². The Balaban J connectivity index is 1.79. The first-order chi connectivity index (χ1) is 14.1. The molecule has 1 N–H and O–H groups in total. The second-order valence-corrected chi connectivity index (χ2v) is 8.30. The predicted molar refractivity (Wildman–Crippen MR) is 123 cm³/mol. The van der Waals surface area contributed by atoms with Gasteiger partial charge in [-0.1, -0.05) is 42.5 Å². The highest BCUT2D eigenvalue weighted by Crippen LogP contribution is 2.36. The SMILES string of the molecule is CN(C)CCNc1ccc(OCc2ccccc2)c2sc3ccccc3c(=O)c12. The Morgan fingerprint density at radius 1 is 0.966 bits per heavy atom. The zero-order valence-electron chi connectivity index (χ0n) is 16.6. The van der Waals surface area contributed by atoms with Crippen molar-refractivity contribution in [1.29, 1.82) is 0 Å². The summed E-state index contributed by atoms with van der Waals surface area (Å²) in [7, 11) is 4.07. The van der Waals surface area contributed by atoms with Gasteiger partial charge in [-0.15, -0.1) is 11.3 Å². The van der Waals surface area contributed by atoms with Crippen LogP contribution in [0.4, 0.5) is 5.69 Å². The van der Waals surface area contributed by atoms with E-state index in [-0.39, 0.29) is 5.43 Å². The third-order valence-electron chi connectivity index (χ3n) is 4.80. The lowest BCUT2D eigenvalue weighted by atomic mass is 10.1. The average Bonchev–Trinajstić information content (AvgIpc) is 2.73. The van der Waals surface area contributed by atoms with Crippen LogP contribution in [0.15, 0.2) is 71.5 Å². The van der Waals surface area contributed by atoms with E-state index >= 15 is 0 Å². The normalized spacial score (nSPS) is 11.3. The van der Waals surface area contributed by atoms with Gasteiger partial charge in [0.05, 0.1) is 10.1 Å². The fraction of sp³-hybridized carbons (Fsp3) is 0.208. The molecule has 0 fully saturated rings. The Hall–Kier alpha value is -2.89. The molecule has 0 unspecified atom stereocenters. The van der Waals surface area contributed by atoms with E-state index < -0.39 is 0 Å². The topological polar surface area (TPSA) is 41.6 Å². The maximum Gasteiger partial charge on any atom is 0.198 e. The summed E-state index contributed by atoms with van der Waals surface area (Å²) in [6, 6.07) is 21.8. The molecule has 3 aromatic carbocycles. The minimum absolute atomic E-state index is 0.0480. The van der Waals surface area contributed by atoms with Crippen molar-refractivity contribution in [3.63, 3.8) is 0 Å². The number of hydrogen-bond donors (Lipinski definition) is 1. The van der Waals surface area contributed by atoms with Crippen LogP contribution in [0, 0.1) is 0 Å². The quantitative estimate of drug-likeness (QED) is 0.442. The number of nitrogens with one attached hydrogen (secondary N) is 1. The zero-order chi connectivity index (χ0) is 20.2. The van der Waals surface area contributed by atoms with Gasteiger partial charge in [0.15, 0.2) is 5.43 Å². The van der Waals surface area contributed by atoms with Gasteiger partial charge in [0.1, 0.15) is 12.4 Å². The lowest BCUT2D eigenvalue weighted by molar-refractivity contribution is 0.310. The van der Waals surface area contributed by atoms with Crippen LogP contribution in [0.2, 0.25) is 0 Å². The van der Waals surface area contributed by atoms with Crippen LogP contribution in [0.5, 0.6) is 5.75 Å². The molecule has 0 radical (unpaired) electrons. The fourth-order valence-corrected chi connectivity index (χ4v) is 4.46. The standard InChI is InChI=1S/C24H24N2O2S/c1-26(2)15-14-25-19-12-13-20(28-16-17-8-4-3-5-9-17)24-22(19)23(27)18-10-6-7-11-21(18)29-24/h3-13,25H,14-16H2,1-2H3. The molecular weight excluding hydrogens is 380 g/mol. The number of likely N-dealkylation sites (N-methyl/N-ethyl adjacent to an activating group) is 1. The summed E-state index contributed by atoms with van der Waals surface area (Å²) < 4.78 is 8.00. The molecule has 0 saturated carbocycles. The van der Waals surface area contributed by atoms with Crippen molar-refractivity contribution < 1.29 is 4.74 Å². The van der Waals surface area contributed by atoms with Crippen LogP contribution in [0.1, 0.15) is 5.56 Å². The van der Waals surface area contributed by atoms with Crippen molar-refractivity contribution in [2.45, 2.75) is 6.61 Å². The fourth-order valence-electron chi connectivity index (χ4n) is 3.29. The highest BCUT2D eigenvalue weighted by molar-refractivity contribution is 7.25. The molecule has 4 nitrogen and oxygen atoms in total. The minimum Gasteiger partial charge on any atom is -0.487 e. The summed E-state index contributed by atoms with van der Waals surface area (Å²) in [5.41, 5.74) is 2.01. The smallest absolute Gasteiger partial charge is 0.198 e. The maximum absolute atomic E-state index is 13.3. The summed E-state index contributed by atoms with van der Waals surface area (Å²) in [5.74, 6) is 0.745. The number of nitrogens with zero attached hydrogens (tertiary/aromatic N) is 1. The first-order valence-electron chi connectivity index (χ1n) is 9.67. The van der Waals surface area contributed by atoms with Gasteiger partial charge in [0.25, 0.3) is 0 Å². The number of rotatable bonds is 7. The van der Waals surface area contributed by atoms with Gasteiger partial charge in [-0.3, -0.25) is 4.79 Å². The van der Waals surface area contributed by atoms with Crippen LogP contribution in [0.25, 0.3) is 20.2 Å². The predicted octanol–water partition coefficient (Wildman–Crippen LogP) is 4.97. The Bertz CT molecular complexity index is 1190. The van der Waals surface area contributed by atoms with Crippen molar-refractivity contribution in [2.75, 3.05) is 32.5 Å². The van der Waals surface area contributed by atoms with E-state index in [9.17, 15) is 4.79 Å². The second kappa shape index (κ2) is 8.64. The zero-order valence-corrected chi connectivity index (χ0v) is 17.5. The maximum atomic E-state index is 13.3. The summed E-state index contributed by atoms with van der Waals surface area (Å²) >= 11 is 1.61. The molecule has 29 heavy (non-hydrogen) atoms. The van der Waals surface area contributed by atoms with E-state index in [1.807, 2.05) is 80.8 Å². The van der Waals surface area contributed by atoms with Gasteiger partial charge >= 0.3 is 0 Å². The van der Waals surface area contributed by atoms with E-state index in [4.69, 9.17) is 4.74 Å². The van der Waals surface area contributed by atoms with Crippen LogP contribution < -0.4 is 15.5 Å². The molecule has 0 aliphatic rings. The lowest BCUT2D eigenvalue weighted by Crippen LogP contribution is -2.21. The number of fused-ring (bicyclic) bond motifs is 2.